The second-order valence-electron chi connectivity index (χ2n) is 7.37. The fraction of sp³-hybridized carbons (Fsp3) is 0. The minimum absolute atomic E-state index is 0.497. The van der Waals surface area contributed by atoms with E-state index in [4.69, 9.17) is 0 Å². The van der Waals surface area contributed by atoms with Crippen molar-refractivity contribution in [3.05, 3.63) is 121 Å². The summed E-state index contributed by atoms with van der Waals surface area (Å²) in [5.41, 5.74) is 6.41. The smallest absolute Gasteiger partial charge is 0.149 e. The Bertz CT molecular complexity index is 1340. The molecular weight excluding hydrogens is 392 g/mol. The molecule has 1 heterocycles. The third-order valence-electron chi connectivity index (χ3n) is 5.26. The average molecular weight is 412 g/mol. The van der Waals surface area contributed by atoms with Crippen LogP contribution < -0.4 is 4.90 Å². The van der Waals surface area contributed by atoms with Crippen molar-refractivity contribution in [3.8, 4) is 6.07 Å². The first-order valence-electron chi connectivity index (χ1n) is 10.4. The molecular formula is C28H20N4. The van der Waals surface area contributed by atoms with Crippen molar-refractivity contribution in [2.24, 2.45) is 0 Å². The number of nitrogens with zero attached hydrogens (tertiary/aromatic N) is 3. The number of benzene rings is 4. The number of aromatic amines is 1. The second kappa shape index (κ2) is 8.63. The van der Waals surface area contributed by atoms with Crippen LogP contribution in [-0.2, 0) is 0 Å². The minimum atomic E-state index is 0.497. The fourth-order valence-electron chi connectivity index (χ4n) is 3.72. The molecule has 0 saturated carbocycles. The average Bonchev–Trinajstić information content (AvgIpc) is 3.29. The van der Waals surface area contributed by atoms with Crippen LogP contribution in [0.25, 0.3) is 22.7 Å². The zero-order chi connectivity index (χ0) is 21.8. The Morgan fingerprint density at radius 2 is 1.28 bits per heavy atom. The molecule has 0 spiro atoms. The number of allylic oxidation sites excluding steroid dienone is 1. The lowest BCUT2D eigenvalue weighted by molar-refractivity contribution is 1.27. The first-order valence-corrected chi connectivity index (χ1v) is 10.4. The molecule has 32 heavy (non-hydrogen) atoms. The Kier molecular flexibility index (Phi) is 5.22. The minimum Gasteiger partial charge on any atom is -0.337 e. The van der Waals surface area contributed by atoms with Gasteiger partial charge in [0, 0.05) is 17.1 Å². The van der Waals surface area contributed by atoms with Gasteiger partial charge in [-0.25, -0.2) is 4.98 Å². The van der Waals surface area contributed by atoms with Crippen LogP contribution in [-0.4, -0.2) is 9.97 Å². The number of nitrogens with one attached hydrogen (secondary N) is 1. The van der Waals surface area contributed by atoms with Crippen molar-refractivity contribution in [1.29, 1.82) is 5.26 Å². The zero-order valence-corrected chi connectivity index (χ0v) is 17.3. The maximum absolute atomic E-state index is 9.72. The summed E-state index contributed by atoms with van der Waals surface area (Å²) in [6.07, 6.45) is 1.86. The quantitative estimate of drug-likeness (QED) is 0.313. The molecule has 4 heteroatoms. The van der Waals surface area contributed by atoms with Crippen molar-refractivity contribution in [2.45, 2.75) is 0 Å². The summed E-state index contributed by atoms with van der Waals surface area (Å²) in [5.74, 6) is 0.577. The summed E-state index contributed by atoms with van der Waals surface area (Å²) in [7, 11) is 0. The Balaban J connectivity index is 1.50. The molecule has 1 aromatic heterocycles. The number of rotatable bonds is 5. The number of hydrogen-bond donors (Lipinski definition) is 1. The SMILES string of the molecule is N#CC(=Cc1ccc(N(c2ccccc2)c2ccccc2)cc1)c1nc2ccccc2[nH]1. The van der Waals surface area contributed by atoms with Gasteiger partial charge in [-0.05, 0) is 60.2 Å². The van der Waals surface area contributed by atoms with Crippen LogP contribution in [0.3, 0.4) is 0 Å². The van der Waals surface area contributed by atoms with Gasteiger partial charge in [-0.1, -0.05) is 60.7 Å². The number of imidazole rings is 1. The van der Waals surface area contributed by atoms with E-state index in [1.807, 2.05) is 78.9 Å². The number of fused-ring (bicyclic) bond motifs is 1. The van der Waals surface area contributed by atoms with Gasteiger partial charge < -0.3 is 9.88 Å². The predicted molar refractivity (Wildman–Crippen MR) is 131 cm³/mol. The van der Waals surface area contributed by atoms with Gasteiger partial charge in [0.1, 0.15) is 11.9 Å². The van der Waals surface area contributed by atoms with Crippen molar-refractivity contribution in [1.82, 2.24) is 9.97 Å². The predicted octanol–water partition coefficient (Wildman–Crippen LogP) is 7.10. The first kappa shape index (κ1) is 19.3. The van der Waals surface area contributed by atoms with Gasteiger partial charge in [0.2, 0.25) is 0 Å². The molecule has 0 fully saturated rings. The zero-order valence-electron chi connectivity index (χ0n) is 17.3. The number of H-pyrrole nitrogens is 1. The number of nitriles is 1. The Hall–Kier alpha value is -4.62. The first-order chi connectivity index (χ1) is 15.8. The van der Waals surface area contributed by atoms with Gasteiger partial charge >= 0.3 is 0 Å². The molecule has 0 aliphatic heterocycles. The van der Waals surface area contributed by atoms with Crippen molar-refractivity contribution < 1.29 is 0 Å². The lowest BCUT2D eigenvalue weighted by Crippen LogP contribution is -2.09. The monoisotopic (exact) mass is 412 g/mol. The van der Waals surface area contributed by atoms with Crippen LogP contribution in [0.5, 0.6) is 0 Å². The lowest BCUT2D eigenvalue weighted by atomic mass is 10.1. The second-order valence-corrected chi connectivity index (χ2v) is 7.37. The molecule has 0 saturated heterocycles. The summed E-state index contributed by atoms with van der Waals surface area (Å²) < 4.78 is 0. The van der Waals surface area contributed by atoms with Gasteiger partial charge in [0.05, 0.1) is 16.6 Å². The Labute approximate surface area is 186 Å². The van der Waals surface area contributed by atoms with Crippen LogP contribution in [0.4, 0.5) is 17.1 Å². The fourth-order valence-corrected chi connectivity index (χ4v) is 3.72. The van der Waals surface area contributed by atoms with Crippen molar-refractivity contribution in [2.75, 3.05) is 4.90 Å². The molecule has 1 N–H and O–H groups in total. The maximum Gasteiger partial charge on any atom is 0.149 e. The largest absolute Gasteiger partial charge is 0.337 e. The molecule has 5 rings (SSSR count). The summed E-state index contributed by atoms with van der Waals surface area (Å²) in [6.45, 7) is 0. The Morgan fingerprint density at radius 3 is 1.88 bits per heavy atom. The van der Waals surface area contributed by atoms with Gasteiger partial charge in [0.25, 0.3) is 0 Å². The normalized spacial score (nSPS) is 11.3. The molecule has 0 radical (unpaired) electrons. The van der Waals surface area contributed by atoms with E-state index in [9.17, 15) is 5.26 Å². The summed E-state index contributed by atoms with van der Waals surface area (Å²) in [5, 5.41) is 9.72. The number of hydrogen-bond acceptors (Lipinski definition) is 3. The molecule has 4 aromatic carbocycles. The topological polar surface area (TPSA) is 55.7 Å². The van der Waals surface area contributed by atoms with E-state index in [2.05, 4.69) is 57.3 Å². The molecule has 0 unspecified atom stereocenters. The summed E-state index contributed by atoms with van der Waals surface area (Å²) in [6, 6.07) is 38.8. The number of anilines is 3. The summed E-state index contributed by atoms with van der Waals surface area (Å²) >= 11 is 0. The van der Waals surface area contributed by atoms with Crippen molar-refractivity contribution >= 4 is 39.7 Å². The highest BCUT2D eigenvalue weighted by Crippen LogP contribution is 2.34. The van der Waals surface area contributed by atoms with Crippen LogP contribution in [0.15, 0.2) is 109 Å². The van der Waals surface area contributed by atoms with Gasteiger partial charge in [-0.15, -0.1) is 0 Å². The molecule has 4 nitrogen and oxygen atoms in total. The van der Waals surface area contributed by atoms with E-state index in [0.29, 0.717) is 11.4 Å². The molecule has 0 atom stereocenters. The van der Waals surface area contributed by atoms with Crippen LogP contribution in [0.2, 0.25) is 0 Å². The van der Waals surface area contributed by atoms with E-state index in [-0.39, 0.29) is 0 Å². The number of para-hydroxylation sites is 4. The van der Waals surface area contributed by atoms with E-state index < -0.39 is 0 Å². The third-order valence-corrected chi connectivity index (χ3v) is 5.26. The van der Waals surface area contributed by atoms with Crippen LogP contribution in [0, 0.1) is 11.3 Å². The molecule has 0 aliphatic rings. The van der Waals surface area contributed by atoms with Gasteiger partial charge in [-0.3, -0.25) is 0 Å². The van der Waals surface area contributed by atoms with E-state index in [1.165, 1.54) is 0 Å². The van der Waals surface area contributed by atoms with Crippen molar-refractivity contribution in [3.63, 3.8) is 0 Å². The molecule has 0 amide bonds. The Morgan fingerprint density at radius 1 is 0.719 bits per heavy atom. The number of aromatic nitrogens is 2. The highest BCUT2D eigenvalue weighted by Gasteiger charge is 2.12. The molecule has 152 valence electrons. The van der Waals surface area contributed by atoms with Crippen LogP contribution in [0.1, 0.15) is 11.4 Å². The highest BCUT2D eigenvalue weighted by atomic mass is 15.1. The molecule has 0 aliphatic carbocycles. The third kappa shape index (κ3) is 3.88. The molecule has 0 bridgehead atoms. The van der Waals surface area contributed by atoms with E-state index >= 15 is 0 Å². The summed E-state index contributed by atoms with van der Waals surface area (Å²) in [4.78, 5) is 9.99. The maximum atomic E-state index is 9.72. The van der Waals surface area contributed by atoms with E-state index in [0.717, 1.165) is 33.7 Å². The van der Waals surface area contributed by atoms with Gasteiger partial charge in [0.15, 0.2) is 0 Å². The highest BCUT2D eigenvalue weighted by molar-refractivity contribution is 5.90. The van der Waals surface area contributed by atoms with Crippen LogP contribution >= 0.6 is 0 Å². The molecule has 5 aromatic rings. The van der Waals surface area contributed by atoms with E-state index in [1.54, 1.807) is 0 Å². The van der Waals surface area contributed by atoms with Gasteiger partial charge in [-0.2, -0.15) is 5.26 Å². The standard InChI is InChI=1S/C28H20N4/c29-20-22(28-30-26-13-7-8-14-27(26)31-28)19-21-15-17-25(18-16-21)32(23-9-3-1-4-10-23)24-11-5-2-6-12-24/h1-19H,(H,30,31). The lowest BCUT2D eigenvalue weighted by Gasteiger charge is -2.25.